The molecule has 0 aliphatic heterocycles. The number of thiophene rings is 1. The number of rotatable bonds is 7. The average Bonchev–Trinajstić information content (AvgIpc) is 3.69. The molecule has 8 atom stereocenters. The molecule has 1 amide bonds. The first-order chi connectivity index (χ1) is 25.0. The molecule has 1 heterocycles. The van der Waals surface area contributed by atoms with Gasteiger partial charge in [-0.25, -0.2) is 4.79 Å². The molecular formula is C45H49NO5S. The van der Waals surface area contributed by atoms with Gasteiger partial charge in [-0.3, -0.25) is 4.79 Å². The number of nitrogens with zero attached hydrogens (tertiary/aromatic N) is 1. The molecule has 10 rings (SSSR count). The smallest absolute Gasteiger partial charge is 0.410 e. The Bertz CT molecular complexity index is 2140. The van der Waals surface area contributed by atoms with Gasteiger partial charge in [0.05, 0.1) is 23.1 Å². The van der Waals surface area contributed by atoms with Crippen LogP contribution in [0.15, 0.2) is 96.6 Å². The number of ketones is 1. The molecule has 7 heteroatoms. The summed E-state index contributed by atoms with van der Waals surface area (Å²) in [5, 5.41) is 27.2. The minimum atomic E-state index is -1.16. The summed E-state index contributed by atoms with van der Waals surface area (Å²) in [6, 6.07) is 23.9. The minimum absolute atomic E-state index is 0.00605. The molecule has 2 spiro atoms. The lowest BCUT2D eigenvalue weighted by molar-refractivity contribution is -0.175. The molecule has 270 valence electrons. The summed E-state index contributed by atoms with van der Waals surface area (Å²) in [6.45, 7) is 7.34. The molecular weight excluding hydrogens is 667 g/mol. The summed E-state index contributed by atoms with van der Waals surface area (Å²) in [5.74, 6) is 0.792. The quantitative estimate of drug-likeness (QED) is 0.147. The van der Waals surface area contributed by atoms with Crippen molar-refractivity contribution in [1.82, 2.24) is 4.90 Å². The number of carbonyl (C=O) groups is 2. The maximum Gasteiger partial charge on any atom is 0.415 e. The van der Waals surface area contributed by atoms with E-state index < -0.39 is 28.6 Å². The number of allylic oxidation sites excluding steroid dienone is 4. The fourth-order valence-electron chi connectivity index (χ4n) is 12.0. The van der Waals surface area contributed by atoms with Crippen molar-refractivity contribution in [3.63, 3.8) is 0 Å². The highest BCUT2D eigenvalue weighted by atomic mass is 32.1. The second kappa shape index (κ2) is 11.9. The number of amides is 1. The van der Waals surface area contributed by atoms with Crippen molar-refractivity contribution in [2.75, 3.05) is 13.1 Å². The van der Waals surface area contributed by atoms with Crippen LogP contribution in [0.3, 0.4) is 0 Å². The molecule has 6 nitrogen and oxygen atoms in total. The first-order valence-corrected chi connectivity index (χ1v) is 20.1. The van der Waals surface area contributed by atoms with E-state index in [1.807, 2.05) is 67.6 Å². The van der Waals surface area contributed by atoms with Crippen LogP contribution in [-0.2, 0) is 0 Å². The fourth-order valence-corrected chi connectivity index (χ4v) is 13.1. The zero-order valence-corrected chi connectivity index (χ0v) is 31.3. The fraction of sp³-hybridized carbons (Fsp3) is 0.467. The highest BCUT2D eigenvalue weighted by molar-refractivity contribution is 7.21. The van der Waals surface area contributed by atoms with Crippen molar-refractivity contribution in [2.45, 2.75) is 83.8 Å². The zero-order chi connectivity index (χ0) is 36.1. The maximum absolute atomic E-state index is 15.0. The summed E-state index contributed by atoms with van der Waals surface area (Å²) in [7, 11) is 0. The number of Topliss-reactive ketones (excluding diaryl/α,β-unsaturated/α-hetero) is 1. The number of fused-ring (bicyclic) bond motifs is 3. The number of carbonyl (C=O) groups excluding carboxylic acids is 2. The van der Waals surface area contributed by atoms with E-state index in [0.717, 1.165) is 69.8 Å². The normalized spacial score (nSPS) is 35.9. The lowest BCUT2D eigenvalue weighted by atomic mass is 9.32. The third kappa shape index (κ3) is 4.67. The lowest BCUT2D eigenvalue weighted by Crippen LogP contribution is -2.67. The molecule has 1 unspecified atom stereocenters. The Morgan fingerprint density at radius 1 is 0.865 bits per heavy atom. The van der Waals surface area contributed by atoms with E-state index in [1.54, 1.807) is 16.2 Å². The SMILES string of the molecule is CCCN(C[C@]1(O)CC[C@H]2[C@]34C=C[C@@]5(C=C3C(=O)c3cc6ccccc6s3)CC(O)CC[C@]5(C)[C@H]4CC[C@@]21C)C(=O)Oc1ccc2ccccc2c1. The van der Waals surface area contributed by atoms with Gasteiger partial charge >= 0.3 is 6.09 Å². The van der Waals surface area contributed by atoms with Crippen LogP contribution in [0.2, 0.25) is 0 Å². The van der Waals surface area contributed by atoms with E-state index in [1.165, 1.54) is 0 Å². The molecule has 0 radical (unpaired) electrons. The van der Waals surface area contributed by atoms with Gasteiger partial charge in [-0.2, -0.15) is 0 Å². The molecule has 3 fully saturated rings. The van der Waals surface area contributed by atoms with Crippen LogP contribution < -0.4 is 4.74 Å². The molecule has 1 aromatic heterocycles. The molecule has 2 bridgehead atoms. The summed E-state index contributed by atoms with van der Waals surface area (Å²) < 4.78 is 7.09. The van der Waals surface area contributed by atoms with Gasteiger partial charge in [0.2, 0.25) is 0 Å². The number of hydrogen-bond donors (Lipinski definition) is 2. The minimum Gasteiger partial charge on any atom is -0.410 e. The number of benzene rings is 3. The van der Waals surface area contributed by atoms with Crippen molar-refractivity contribution in [2.24, 2.45) is 33.5 Å². The number of aliphatic hydroxyl groups excluding tert-OH is 1. The first-order valence-electron chi connectivity index (χ1n) is 19.3. The predicted molar refractivity (Wildman–Crippen MR) is 207 cm³/mol. The van der Waals surface area contributed by atoms with Crippen LogP contribution in [-0.4, -0.2) is 51.8 Å². The Morgan fingerprint density at radius 2 is 1.58 bits per heavy atom. The Kier molecular flexibility index (Phi) is 7.76. The van der Waals surface area contributed by atoms with Crippen LogP contribution in [0.4, 0.5) is 4.79 Å². The molecule has 3 saturated carbocycles. The van der Waals surface area contributed by atoms with E-state index >= 15 is 4.79 Å². The maximum atomic E-state index is 15.0. The van der Waals surface area contributed by atoms with Crippen molar-refractivity contribution in [1.29, 1.82) is 0 Å². The van der Waals surface area contributed by atoms with Gasteiger partial charge in [-0.1, -0.05) is 87.5 Å². The van der Waals surface area contributed by atoms with Crippen molar-refractivity contribution >= 4 is 44.1 Å². The summed E-state index contributed by atoms with van der Waals surface area (Å²) in [5.41, 5.74) is -1.89. The van der Waals surface area contributed by atoms with Gasteiger partial charge < -0.3 is 19.8 Å². The highest BCUT2D eigenvalue weighted by Gasteiger charge is 2.74. The predicted octanol–water partition coefficient (Wildman–Crippen LogP) is 9.74. The van der Waals surface area contributed by atoms with Crippen LogP contribution in [0.5, 0.6) is 5.75 Å². The number of aliphatic hydroxyl groups is 2. The molecule has 52 heavy (non-hydrogen) atoms. The van der Waals surface area contributed by atoms with Gasteiger partial charge in [0.1, 0.15) is 5.75 Å². The van der Waals surface area contributed by atoms with Gasteiger partial charge in [-0.15, -0.1) is 11.3 Å². The average molecular weight is 716 g/mol. The van der Waals surface area contributed by atoms with E-state index in [-0.39, 0.29) is 35.0 Å². The summed E-state index contributed by atoms with van der Waals surface area (Å²) in [6.07, 6.45) is 12.2. The zero-order valence-electron chi connectivity index (χ0n) is 30.4. The van der Waals surface area contributed by atoms with Crippen LogP contribution >= 0.6 is 11.3 Å². The highest BCUT2D eigenvalue weighted by Crippen LogP contribution is 2.78. The lowest BCUT2D eigenvalue weighted by Gasteiger charge is -2.71. The first kappa shape index (κ1) is 34.0. The van der Waals surface area contributed by atoms with E-state index in [0.29, 0.717) is 25.1 Å². The van der Waals surface area contributed by atoms with Gasteiger partial charge in [0.25, 0.3) is 0 Å². The number of ether oxygens (including phenoxy) is 1. The van der Waals surface area contributed by atoms with Crippen LogP contribution in [0.25, 0.3) is 20.9 Å². The standard InChI is InChI=1S/C45H49NO5S/c1-4-23-46(40(49)51-33-14-13-29-9-5-6-10-30(29)24-33)28-44(50)20-17-38-42(44,3)19-16-37-41(2)18-15-32(47)26-43(41)21-22-45(37,38)34(27-43)39(48)36-25-31-11-7-8-12-35(31)52-36/h5-14,21-22,24-25,27,32,37-38,47,50H,4,15-20,23,26,28H2,1-3H3/t32?,37-,38-,41-,42+,43+,44-,45-/m1/s1. The van der Waals surface area contributed by atoms with Gasteiger partial charge in [-0.05, 0) is 109 Å². The third-order valence-corrected chi connectivity index (χ3v) is 15.9. The summed E-state index contributed by atoms with van der Waals surface area (Å²) in [4.78, 5) is 31.4. The molecule has 6 aliphatic carbocycles. The van der Waals surface area contributed by atoms with Crippen molar-refractivity contribution in [3.05, 3.63) is 101 Å². The second-order valence-corrected chi connectivity index (χ2v) is 18.2. The van der Waals surface area contributed by atoms with E-state index in [4.69, 9.17) is 4.74 Å². The molecule has 4 aromatic rings. The van der Waals surface area contributed by atoms with Crippen molar-refractivity contribution in [3.8, 4) is 5.75 Å². The van der Waals surface area contributed by atoms with Crippen molar-refractivity contribution < 1.29 is 24.5 Å². The molecule has 2 N–H and O–H groups in total. The Balaban J connectivity index is 1.08. The Morgan fingerprint density at radius 3 is 2.37 bits per heavy atom. The topological polar surface area (TPSA) is 87.1 Å². The Labute approximate surface area is 310 Å². The molecule has 3 aromatic carbocycles. The monoisotopic (exact) mass is 715 g/mol. The van der Waals surface area contributed by atoms with Gasteiger partial charge in [0, 0.05) is 33.1 Å². The Hall–Kier alpha value is -3.78. The molecule has 0 saturated heterocycles. The second-order valence-electron chi connectivity index (χ2n) is 17.1. The van der Waals surface area contributed by atoms with Gasteiger partial charge in [0.15, 0.2) is 5.78 Å². The van der Waals surface area contributed by atoms with E-state index in [2.05, 4.69) is 44.2 Å². The number of hydrogen-bond acceptors (Lipinski definition) is 6. The largest absolute Gasteiger partial charge is 0.415 e. The van der Waals surface area contributed by atoms with Crippen LogP contribution in [0.1, 0.15) is 81.8 Å². The van der Waals surface area contributed by atoms with E-state index in [9.17, 15) is 15.0 Å². The summed E-state index contributed by atoms with van der Waals surface area (Å²) >= 11 is 1.56. The third-order valence-electron chi connectivity index (χ3n) is 14.7. The molecule has 6 aliphatic rings. The van der Waals surface area contributed by atoms with Crippen LogP contribution in [0, 0.1) is 33.5 Å².